The van der Waals surface area contributed by atoms with Gasteiger partial charge in [-0.15, -0.1) is 10.2 Å². The van der Waals surface area contributed by atoms with Crippen LogP contribution in [-0.2, 0) is 4.79 Å². The van der Waals surface area contributed by atoms with Gasteiger partial charge in [0.1, 0.15) is 0 Å². The van der Waals surface area contributed by atoms with E-state index in [2.05, 4.69) is 21.0 Å². The first-order valence-corrected chi connectivity index (χ1v) is 10.1. The minimum Gasteiger partial charge on any atom is -0.335 e. The number of nitro groups is 1. The van der Waals surface area contributed by atoms with Gasteiger partial charge in [0.15, 0.2) is 5.82 Å². The Morgan fingerprint density at radius 1 is 1.16 bits per heavy atom. The molecule has 14 heteroatoms. The van der Waals surface area contributed by atoms with E-state index in [4.69, 9.17) is 29.0 Å². The Morgan fingerprint density at radius 2 is 1.94 bits per heavy atom. The van der Waals surface area contributed by atoms with Gasteiger partial charge in [0, 0.05) is 28.3 Å². The SMILES string of the molecule is Nn1c(SCC(=O)NNC(=O)c2cccc([N+](=O)[O-])c2)nnc1-c1ccc(Cl)cc1Cl. The van der Waals surface area contributed by atoms with E-state index in [-0.39, 0.29) is 28.0 Å². The molecule has 0 aliphatic carbocycles. The van der Waals surface area contributed by atoms with Crippen molar-refractivity contribution >= 4 is 52.5 Å². The van der Waals surface area contributed by atoms with Crippen LogP contribution in [0.4, 0.5) is 5.69 Å². The van der Waals surface area contributed by atoms with Crippen LogP contribution in [0, 0.1) is 10.1 Å². The summed E-state index contributed by atoms with van der Waals surface area (Å²) in [6.45, 7) is 0. The van der Waals surface area contributed by atoms with Crippen molar-refractivity contribution in [2.24, 2.45) is 0 Å². The average Bonchev–Trinajstić information content (AvgIpc) is 3.10. The quantitative estimate of drug-likeness (QED) is 0.209. The lowest BCUT2D eigenvalue weighted by Crippen LogP contribution is -2.42. The van der Waals surface area contributed by atoms with Gasteiger partial charge in [0.05, 0.1) is 15.7 Å². The molecule has 3 aromatic rings. The van der Waals surface area contributed by atoms with Crippen LogP contribution < -0.4 is 16.7 Å². The van der Waals surface area contributed by atoms with Crippen LogP contribution in [0.3, 0.4) is 0 Å². The van der Waals surface area contributed by atoms with Crippen molar-refractivity contribution in [2.45, 2.75) is 5.16 Å². The number of aromatic nitrogens is 3. The second-order valence-electron chi connectivity index (χ2n) is 5.90. The third-order valence-corrected chi connectivity index (χ3v) is 5.29. The van der Waals surface area contributed by atoms with Crippen LogP contribution in [-0.4, -0.2) is 37.4 Å². The minimum absolute atomic E-state index is 0.0216. The Morgan fingerprint density at radius 3 is 2.65 bits per heavy atom. The summed E-state index contributed by atoms with van der Waals surface area (Å²) in [5, 5.41) is 19.7. The van der Waals surface area contributed by atoms with Gasteiger partial charge in [-0.2, -0.15) is 0 Å². The van der Waals surface area contributed by atoms with E-state index in [0.717, 1.165) is 17.8 Å². The zero-order chi connectivity index (χ0) is 22.5. The molecule has 3 rings (SSSR count). The predicted octanol–water partition coefficient (Wildman–Crippen LogP) is 2.43. The van der Waals surface area contributed by atoms with Crippen molar-refractivity contribution in [3.8, 4) is 11.4 Å². The fraction of sp³-hybridized carbons (Fsp3) is 0.0588. The van der Waals surface area contributed by atoms with E-state index in [1.54, 1.807) is 12.1 Å². The summed E-state index contributed by atoms with van der Waals surface area (Å²) in [6, 6.07) is 9.89. The van der Waals surface area contributed by atoms with Gasteiger partial charge >= 0.3 is 0 Å². The summed E-state index contributed by atoms with van der Waals surface area (Å²) in [4.78, 5) is 34.2. The van der Waals surface area contributed by atoms with Crippen molar-refractivity contribution < 1.29 is 14.5 Å². The van der Waals surface area contributed by atoms with E-state index in [0.29, 0.717) is 15.6 Å². The number of nitrogen functional groups attached to an aromatic ring is 1. The topological polar surface area (TPSA) is 158 Å². The summed E-state index contributed by atoms with van der Waals surface area (Å²) in [7, 11) is 0. The highest BCUT2D eigenvalue weighted by Crippen LogP contribution is 2.30. The number of nitrogens with one attached hydrogen (secondary N) is 2. The molecule has 0 radical (unpaired) electrons. The highest BCUT2D eigenvalue weighted by atomic mass is 35.5. The Labute approximate surface area is 189 Å². The highest BCUT2D eigenvalue weighted by Gasteiger charge is 2.17. The van der Waals surface area contributed by atoms with Gasteiger partial charge < -0.3 is 5.84 Å². The fourth-order valence-electron chi connectivity index (χ4n) is 2.36. The molecule has 1 aromatic heterocycles. The Kier molecular flexibility index (Phi) is 6.95. The van der Waals surface area contributed by atoms with Crippen molar-refractivity contribution in [3.05, 3.63) is 68.2 Å². The van der Waals surface area contributed by atoms with Gasteiger partial charge in [-0.25, -0.2) is 4.68 Å². The van der Waals surface area contributed by atoms with E-state index < -0.39 is 16.7 Å². The van der Waals surface area contributed by atoms with Crippen molar-refractivity contribution in [1.82, 2.24) is 25.7 Å². The summed E-state index contributed by atoms with van der Waals surface area (Å²) >= 11 is 13.0. The van der Waals surface area contributed by atoms with Crippen LogP contribution in [0.15, 0.2) is 47.6 Å². The van der Waals surface area contributed by atoms with Crippen LogP contribution in [0.25, 0.3) is 11.4 Å². The van der Waals surface area contributed by atoms with Crippen LogP contribution in [0.2, 0.25) is 10.0 Å². The number of benzene rings is 2. The predicted molar refractivity (Wildman–Crippen MR) is 115 cm³/mol. The molecule has 0 fully saturated rings. The summed E-state index contributed by atoms with van der Waals surface area (Å²) in [6.07, 6.45) is 0. The lowest BCUT2D eigenvalue weighted by atomic mass is 10.2. The van der Waals surface area contributed by atoms with Gasteiger partial charge in [0.2, 0.25) is 11.1 Å². The third-order valence-electron chi connectivity index (χ3n) is 3.80. The first-order chi connectivity index (χ1) is 14.8. The molecule has 2 amide bonds. The minimum atomic E-state index is -0.705. The van der Waals surface area contributed by atoms with Crippen molar-refractivity contribution in [3.63, 3.8) is 0 Å². The number of nitrogens with zero attached hydrogens (tertiary/aromatic N) is 4. The van der Waals surface area contributed by atoms with E-state index in [1.807, 2.05) is 0 Å². The Bertz CT molecular complexity index is 1170. The zero-order valence-electron chi connectivity index (χ0n) is 15.4. The molecule has 31 heavy (non-hydrogen) atoms. The molecule has 0 spiro atoms. The third kappa shape index (κ3) is 5.42. The first-order valence-electron chi connectivity index (χ1n) is 8.38. The summed E-state index contributed by atoms with van der Waals surface area (Å²) in [5.74, 6) is 4.87. The van der Waals surface area contributed by atoms with Crippen molar-refractivity contribution in [1.29, 1.82) is 0 Å². The van der Waals surface area contributed by atoms with Crippen molar-refractivity contribution in [2.75, 3.05) is 11.6 Å². The number of amides is 2. The molecular weight excluding hydrogens is 469 g/mol. The number of hydrogen-bond donors (Lipinski definition) is 3. The molecular formula is C17H13Cl2N7O4S. The first kappa shape index (κ1) is 22.3. The van der Waals surface area contributed by atoms with E-state index >= 15 is 0 Å². The van der Waals surface area contributed by atoms with Gasteiger partial charge in [-0.3, -0.25) is 30.6 Å². The van der Waals surface area contributed by atoms with E-state index in [9.17, 15) is 19.7 Å². The zero-order valence-corrected chi connectivity index (χ0v) is 17.7. The Hall–Kier alpha value is -3.35. The number of rotatable bonds is 6. The maximum Gasteiger partial charge on any atom is 0.270 e. The summed E-state index contributed by atoms with van der Waals surface area (Å²) < 4.78 is 1.18. The second-order valence-corrected chi connectivity index (χ2v) is 7.68. The largest absolute Gasteiger partial charge is 0.335 e. The summed E-state index contributed by atoms with van der Waals surface area (Å²) in [5.41, 5.74) is 4.69. The molecule has 1 heterocycles. The molecule has 0 aliphatic rings. The second kappa shape index (κ2) is 9.64. The van der Waals surface area contributed by atoms with Crippen LogP contribution in [0.1, 0.15) is 10.4 Å². The number of hydrogen-bond acceptors (Lipinski definition) is 8. The maximum absolute atomic E-state index is 12.0. The molecule has 0 unspecified atom stereocenters. The number of carbonyl (C=O) groups excluding carboxylic acids is 2. The number of thioether (sulfide) groups is 1. The molecule has 0 saturated heterocycles. The van der Waals surface area contributed by atoms with Gasteiger partial charge in [0.25, 0.3) is 11.6 Å². The number of carbonyl (C=O) groups is 2. The normalized spacial score (nSPS) is 10.5. The molecule has 0 aliphatic heterocycles. The number of non-ortho nitro benzene ring substituents is 1. The number of nitrogens with two attached hydrogens (primary N) is 1. The molecule has 0 bridgehead atoms. The number of nitro benzene ring substituents is 1. The number of hydrazine groups is 1. The molecule has 4 N–H and O–H groups in total. The van der Waals surface area contributed by atoms with Crippen LogP contribution >= 0.6 is 35.0 Å². The average molecular weight is 482 g/mol. The molecule has 11 nitrogen and oxygen atoms in total. The Balaban J connectivity index is 1.57. The van der Waals surface area contributed by atoms with E-state index in [1.165, 1.54) is 28.9 Å². The molecule has 0 atom stereocenters. The highest BCUT2D eigenvalue weighted by molar-refractivity contribution is 7.99. The van der Waals surface area contributed by atoms with Gasteiger partial charge in [-0.05, 0) is 24.3 Å². The molecule has 160 valence electrons. The number of halogens is 2. The molecule has 0 saturated carbocycles. The lowest BCUT2D eigenvalue weighted by molar-refractivity contribution is -0.384. The fourth-order valence-corrected chi connectivity index (χ4v) is 3.50. The van der Waals surface area contributed by atoms with Crippen LogP contribution in [0.5, 0.6) is 0 Å². The van der Waals surface area contributed by atoms with Gasteiger partial charge in [-0.1, -0.05) is 41.0 Å². The molecule has 2 aromatic carbocycles. The monoisotopic (exact) mass is 481 g/mol. The maximum atomic E-state index is 12.0. The lowest BCUT2D eigenvalue weighted by Gasteiger charge is -2.08. The smallest absolute Gasteiger partial charge is 0.270 e. The standard InChI is InChI=1S/C17H13Cl2N7O4S/c18-10-4-5-12(13(19)7-10)15-22-24-17(25(15)20)31-8-14(27)21-23-16(28)9-2-1-3-11(6-9)26(29)30/h1-7H,8,20H2,(H,21,27)(H,23,28).